The second-order valence-corrected chi connectivity index (χ2v) is 4.11. The first-order valence-corrected chi connectivity index (χ1v) is 5.45. The van der Waals surface area contributed by atoms with Gasteiger partial charge in [-0.15, -0.1) is 11.6 Å². The monoisotopic (exact) mass is 254 g/mol. The molecule has 5 nitrogen and oxygen atoms in total. The van der Waals surface area contributed by atoms with Crippen molar-refractivity contribution in [1.82, 2.24) is 0 Å². The van der Waals surface area contributed by atoms with Gasteiger partial charge in [0.15, 0.2) is 11.2 Å². The van der Waals surface area contributed by atoms with Crippen LogP contribution < -0.4 is 0 Å². The Kier molecular flexibility index (Phi) is 6.90. The van der Waals surface area contributed by atoms with E-state index in [1.54, 1.807) is 20.8 Å². The standard InChI is InChI=1S/C10H19ClO5/c1-5-15-9(13)8(11)7(12)6-16-10(2,3)14-4/h7-8,12H,5-6H2,1-4H3. The van der Waals surface area contributed by atoms with Crippen molar-refractivity contribution in [2.24, 2.45) is 0 Å². The fraction of sp³-hybridized carbons (Fsp3) is 0.900. The molecule has 2 unspecified atom stereocenters. The highest BCUT2D eigenvalue weighted by molar-refractivity contribution is 6.30. The van der Waals surface area contributed by atoms with Crippen molar-refractivity contribution in [3.05, 3.63) is 0 Å². The molecule has 6 heteroatoms. The number of hydrogen-bond acceptors (Lipinski definition) is 5. The highest BCUT2D eigenvalue weighted by atomic mass is 35.5. The van der Waals surface area contributed by atoms with Gasteiger partial charge in [-0.25, -0.2) is 0 Å². The van der Waals surface area contributed by atoms with E-state index in [1.807, 2.05) is 0 Å². The lowest BCUT2D eigenvalue weighted by atomic mass is 10.2. The van der Waals surface area contributed by atoms with Crippen LogP contribution in [0.2, 0.25) is 0 Å². The van der Waals surface area contributed by atoms with Gasteiger partial charge in [0.25, 0.3) is 0 Å². The van der Waals surface area contributed by atoms with Gasteiger partial charge in [0, 0.05) is 7.11 Å². The predicted octanol–water partition coefficient (Wildman–Crippen LogP) is 0.917. The first kappa shape index (κ1) is 15.6. The molecule has 0 aliphatic carbocycles. The molecule has 0 heterocycles. The summed E-state index contributed by atoms with van der Waals surface area (Å²) in [6.07, 6.45) is -1.13. The molecule has 0 aliphatic rings. The minimum atomic E-state index is -1.13. The number of halogens is 1. The van der Waals surface area contributed by atoms with Crippen molar-refractivity contribution in [2.45, 2.75) is 38.0 Å². The lowest BCUT2D eigenvalue weighted by Crippen LogP contribution is -2.38. The molecule has 96 valence electrons. The van der Waals surface area contributed by atoms with Crippen LogP contribution in [0.15, 0.2) is 0 Å². The molecule has 0 aromatic heterocycles. The maximum Gasteiger partial charge on any atom is 0.326 e. The summed E-state index contributed by atoms with van der Waals surface area (Å²) in [6, 6.07) is 0. The molecule has 0 fully saturated rings. The number of ether oxygens (including phenoxy) is 3. The quantitative estimate of drug-likeness (QED) is 0.416. The van der Waals surface area contributed by atoms with E-state index >= 15 is 0 Å². The summed E-state index contributed by atoms with van der Waals surface area (Å²) in [6.45, 7) is 5.16. The molecule has 0 amide bonds. The van der Waals surface area contributed by atoms with Gasteiger partial charge in [0.2, 0.25) is 0 Å². The third kappa shape index (κ3) is 5.65. The van der Waals surface area contributed by atoms with Gasteiger partial charge in [-0.1, -0.05) is 0 Å². The number of rotatable bonds is 7. The minimum Gasteiger partial charge on any atom is -0.465 e. The predicted molar refractivity (Wildman–Crippen MR) is 59.3 cm³/mol. The van der Waals surface area contributed by atoms with E-state index < -0.39 is 23.2 Å². The van der Waals surface area contributed by atoms with Crippen LogP contribution in [-0.2, 0) is 19.0 Å². The van der Waals surface area contributed by atoms with Gasteiger partial charge in [-0.3, -0.25) is 4.79 Å². The average molecular weight is 255 g/mol. The second-order valence-electron chi connectivity index (χ2n) is 3.64. The number of hydrogen-bond donors (Lipinski definition) is 1. The highest BCUT2D eigenvalue weighted by Crippen LogP contribution is 2.13. The Morgan fingerprint density at radius 1 is 1.50 bits per heavy atom. The third-order valence-corrected chi connectivity index (χ3v) is 2.41. The Morgan fingerprint density at radius 2 is 2.06 bits per heavy atom. The number of aliphatic hydroxyl groups excluding tert-OH is 1. The van der Waals surface area contributed by atoms with Gasteiger partial charge >= 0.3 is 5.97 Å². The molecule has 0 saturated carbocycles. The zero-order valence-electron chi connectivity index (χ0n) is 10.0. The van der Waals surface area contributed by atoms with Gasteiger partial charge in [0.05, 0.1) is 13.2 Å². The maximum atomic E-state index is 11.2. The van der Waals surface area contributed by atoms with E-state index in [4.69, 9.17) is 21.1 Å². The molecule has 16 heavy (non-hydrogen) atoms. The van der Waals surface area contributed by atoms with Gasteiger partial charge < -0.3 is 19.3 Å². The number of esters is 1. The van der Waals surface area contributed by atoms with Crippen LogP contribution in [0.25, 0.3) is 0 Å². The molecular formula is C10H19ClO5. The van der Waals surface area contributed by atoms with E-state index in [1.165, 1.54) is 7.11 Å². The largest absolute Gasteiger partial charge is 0.465 e. The number of aliphatic hydroxyl groups is 1. The van der Waals surface area contributed by atoms with E-state index in [2.05, 4.69) is 4.74 Å². The maximum absolute atomic E-state index is 11.2. The Hall–Kier alpha value is -0.360. The summed E-state index contributed by atoms with van der Waals surface area (Å²) < 4.78 is 14.9. The SMILES string of the molecule is CCOC(=O)C(Cl)C(O)COC(C)(C)OC. The van der Waals surface area contributed by atoms with E-state index in [0.717, 1.165) is 0 Å². The molecule has 0 spiro atoms. The smallest absolute Gasteiger partial charge is 0.326 e. The van der Waals surface area contributed by atoms with E-state index in [-0.39, 0.29) is 13.2 Å². The van der Waals surface area contributed by atoms with Crippen LogP contribution in [0, 0.1) is 0 Å². The Morgan fingerprint density at radius 3 is 2.50 bits per heavy atom. The molecule has 0 saturated heterocycles. The minimum absolute atomic E-state index is 0.103. The zero-order chi connectivity index (χ0) is 12.8. The van der Waals surface area contributed by atoms with Crippen LogP contribution in [-0.4, -0.2) is 48.7 Å². The van der Waals surface area contributed by atoms with Crippen LogP contribution >= 0.6 is 11.6 Å². The van der Waals surface area contributed by atoms with Crippen LogP contribution in [0.4, 0.5) is 0 Å². The number of carbonyl (C=O) groups is 1. The van der Waals surface area contributed by atoms with Crippen molar-refractivity contribution in [3.63, 3.8) is 0 Å². The summed E-state index contributed by atoms with van der Waals surface area (Å²) in [7, 11) is 1.48. The van der Waals surface area contributed by atoms with Gasteiger partial charge in [0.1, 0.15) is 6.10 Å². The van der Waals surface area contributed by atoms with Crippen molar-refractivity contribution in [3.8, 4) is 0 Å². The summed E-state index contributed by atoms with van der Waals surface area (Å²) in [4.78, 5) is 11.2. The molecule has 0 radical (unpaired) electrons. The zero-order valence-corrected chi connectivity index (χ0v) is 10.8. The highest BCUT2D eigenvalue weighted by Gasteiger charge is 2.28. The lowest BCUT2D eigenvalue weighted by molar-refractivity contribution is -0.209. The molecule has 0 aromatic carbocycles. The second kappa shape index (κ2) is 7.06. The Labute approximate surface area is 101 Å². The van der Waals surface area contributed by atoms with Crippen LogP contribution in [0.3, 0.4) is 0 Å². The van der Waals surface area contributed by atoms with E-state index in [0.29, 0.717) is 0 Å². The Bertz CT molecular complexity index is 219. The summed E-state index contributed by atoms with van der Waals surface area (Å²) in [5.74, 6) is -1.48. The molecular weight excluding hydrogens is 236 g/mol. The number of carbonyl (C=O) groups excluding carboxylic acids is 1. The Balaban J connectivity index is 4.05. The summed E-state index contributed by atoms with van der Waals surface area (Å²) >= 11 is 5.69. The number of methoxy groups -OCH3 is 1. The average Bonchev–Trinajstić information content (AvgIpc) is 2.25. The summed E-state index contributed by atoms with van der Waals surface area (Å²) in [5.41, 5.74) is 0. The fourth-order valence-electron chi connectivity index (χ4n) is 0.808. The normalized spacial score (nSPS) is 15.6. The van der Waals surface area contributed by atoms with Crippen molar-refractivity contribution in [2.75, 3.05) is 20.3 Å². The molecule has 0 aliphatic heterocycles. The van der Waals surface area contributed by atoms with Crippen molar-refractivity contribution in [1.29, 1.82) is 0 Å². The van der Waals surface area contributed by atoms with Crippen LogP contribution in [0.1, 0.15) is 20.8 Å². The number of alkyl halides is 1. The van der Waals surface area contributed by atoms with Gasteiger partial charge in [-0.05, 0) is 20.8 Å². The molecule has 1 N–H and O–H groups in total. The van der Waals surface area contributed by atoms with Crippen molar-refractivity contribution >= 4 is 17.6 Å². The van der Waals surface area contributed by atoms with E-state index in [9.17, 15) is 9.90 Å². The van der Waals surface area contributed by atoms with Crippen LogP contribution in [0.5, 0.6) is 0 Å². The van der Waals surface area contributed by atoms with Crippen molar-refractivity contribution < 1.29 is 24.1 Å². The fourth-order valence-corrected chi connectivity index (χ4v) is 0.944. The molecule has 0 rings (SSSR count). The molecule has 0 aromatic rings. The summed E-state index contributed by atoms with van der Waals surface area (Å²) in [5, 5.41) is 8.43. The lowest BCUT2D eigenvalue weighted by Gasteiger charge is -2.25. The van der Waals surface area contributed by atoms with Gasteiger partial charge in [-0.2, -0.15) is 0 Å². The first-order chi connectivity index (χ1) is 7.34. The topological polar surface area (TPSA) is 65.0 Å². The first-order valence-electron chi connectivity index (χ1n) is 5.02. The molecule has 0 bridgehead atoms. The third-order valence-electron chi connectivity index (χ3n) is 1.94. The molecule has 2 atom stereocenters.